The van der Waals surface area contributed by atoms with E-state index >= 15 is 0 Å². The minimum Gasteiger partial charge on any atom is -0.394 e. The Morgan fingerprint density at radius 2 is 2.44 bits per heavy atom. The van der Waals surface area contributed by atoms with E-state index in [4.69, 9.17) is 5.11 Å². The molecule has 1 saturated heterocycles. The molecule has 0 bridgehead atoms. The first-order valence-electron chi connectivity index (χ1n) is 3.20. The van der Waals surface area contributed by atoms with Crippen LogP contribution in [0.15, 0.2) is 0 Å². The highest BCUT2D eigenvalue weighted by molar-refractivity contribution is 5.85. The Balaban J connectivity index is 2.38. The van der Waals surface area contributed by atoms with Crippen LogP contribution in [0.25, 0.3) is 0 Å². The highest BCUT2D eigenvalue weighted by Crippen LogP contribution is 2.17. The number of aliphatic hydroxyl groups is 1. The van der Waals surface area contributed by atoms with Crippen LogP contribution in [0.1, 0.15) is 13.3 Å². The summed E-state index contributed by atoms with van der Waals surface area (Å²) >= 11 is 0. The van der Waals surface area contributed by atoms with Crippen molar-refractivity contribution in [1.29, 1.82) is 0 Å². The van der Waals surface area contributed by atoms with Gasteiger partial charge in [-0.25, -0.2) is 0 Å². The minimum atomic E-state index is 0.0301. The van der Waals surface area contributed by atoms with E-state index in [0.29, 0.717) is 0 Å². The summed E-state index contributed by atoms with van der Waals surface area (Å²) in [5.41, 5.74) is 0. The molecule has 0 aromatic rings. The molecule has 0 aromatic carbocycles. The van der Waals surface area contributed by atoms with Crippen molar-refractivity contribution in [2.24, 2.45) is 5.92 Å². The molecule has 0 saturated carbocycles. The second kappa shape index (κ2) is 2.35. The quantitative estimate of drug-likeness (QED) is 0.494. The lowest BCUT2D eigenvalue weighted by Gasteiger charge is -2.34. The third-order valence-electron chi connectivity index (χ3n) is 1.79. The van der Waals surface area contributed by atoms with Gasteiger partial charge in [0.15, 0.2) is 0 Å². The van der Waals surface area contributed by atoms with Gasteiger partial charge in [-0.05, 0) is 6.42 Å². The van der Waals surface area contributed by atoms with Crippen molar-refractivity contribution >= 4 is 5.91 Å². The van der Waals surface area contributed by atoms with E-state index in [1.165, 1.54) is 0 Å². The molecule has 9 heavy (non-hydrogen) atoms. The Morgan fingerprint density at radius 1 is 1.78 bits per heavy atom. The molecule has 3 heteroatoms. The lowest BCUT2D eigenvalue weighted by molar-refractivity contribution is -0.136. The molecule has 1 amide bonds. The van der Waals surface area contributed by atoms with Crippen LogP contribution in [0.2, 0.25) is 0 Å². The molecule has 0 spiro atoms. The first-order valence-corrected chi connectivity index (χ1v) is 3.20. The van der Waals surface area contributed by atoms with Crippen LogP contribution in [0, 0.1) is 5.92 Å². The normalized spacial score (nSPS) is 33.3. The maximum atomic E-state index is 10.6. The van der Waals surface area contributed by atoms with Crippen LogP contribution in [0.4, 0.5) is 0 Å². The summed E-state index contributed by atoms with van der Waals surface area (Å²) in [6.07, 6.45) is 0.830. The predicted octanol–water partition coefficient (Wildman–Crippen LogP) is -0.497. The number of amides is 1. The van der Waals surface area contributed by atoms with E-state index in [1.54, 1.807) is 0 Å². The standard InChI is InChI=1S/C6H11NO2/c1-2-4-5(3-8)7-6(4)9/h4-5,8H,2-3H2,1H3,(H,7,9)/t4-,5-/m0/s1. The zero-order chi connectivity index (χ0) is 6.85. The fraction of sp³-hybridized carbons (Fsp3) is 0.833. The van der Waals surface area contributed by atoms with Gasteiger partial charge in [-0.1, -0.05) is 6.92 Å². The highest BCUT2D eigenvalue weighted by Gasteiger charge is 2.36. The monoisotopic (exact) mass is 129 g/mol. The number of aliphatic hydroxyl groups excluding tert-OH is 1. The highest BCUT2D eigenvalue weighted by atomic mass is 16.3. The van der Waals surface area contributed by atoms with E-state index in [1.807, 2.05) is 6.92 Å². The molecule has 1 rings (SSSR count). The fourth-order valence-electron chi connectivity index (χ4n) is 1.12. The topological polar surface area (TPSA) is 49.3 Å². The number of carbonyl (C=O) groups excluding carboxylic acids is 1. The van der Waals surface area contributed by atoms with Crippen LogP contribution in [0.5, 0.6) is 0 Å². The summed E-state index contributed by atoms with van der Waals surface area (Å²) in [6, 6.07) is 0.0301. The van der Waals surface area contributed by atoms with Gasteiger partial charge in [-0.2, -0.15) is 0 Å². The van der Waals surface area contributed by atoms with Gasteiger partial charge in [-0.15, -0.1) is 0 Å². The largest absolute Gasteiger partial charge is 0.394 e. The molecule has 1 fully saturated rings. The van der Waals surface area contributed by atoms with E-state index in [2.05, 4.69) is 5.32 Å². The summed E-state index contributed by atoms with van der Waals surface area (Å²) in [5, 5.41) is 11.2. The molecule has 1 heterocycles. The van der Waals surface area contributed by atoms with E-state index in [0.717, 1.165) is 6.42 Å². The van der Waals surface area contributed by atoms with Crippen molar-refractivity contribution in [2.45, 2.75) is 19.4 Å². The van der Waals surface area contributed by atoms with Crippen molar-refractivity contribution < 1.29 is 9.90 Å². The van der Waals surface area contributed by atoms with Gasteiger partial charge in [0.25, 0.3) is 0 Å². The Bertz CT molecular complexity index is 124. The molecular formula is C6H11NO2. The molecule has 1 aliphatic heterocycles. The first kappa shape index (κ1) is 6.55. The van der Waals surface area contributed by atoms with Gasteiger partial charge >= 0.3 is 0 Å². The first-order chi connectivity index (χ1) is 4.29. The summed E-state index contributed by atoms with van der Waals surface area (Å²) < 4.78 is 0. The Kier molecular flexibility index (Phi) is 1.71. The van der Waals surface area contributed by atoms with Gasteiger partial charge in [0.2, 0.25) is 5.91 Å². The fourth-order valence-corrected chi connectivity index (χ4v) is 1.12. The molecular weight excluding hydrogens is 118 g/mol. The van der Waals surface area contributed by atoms with Gasteiger partial charge in [-0.3, -0.25) is 4.79 Å². The van der Waals surface area contributed by atoms with Crippen LogP contribution < -0.4 is 5.32 Å². The molecule has 3 nitrogen and oxygen atoms in total. The third-order valence-corrected chi connectivity index (χ3v) is 1.79. The molecule has 2 N–H and O–H groups in total. The molecule has 0 radical (unpaired) electrons. The SMILES string of the molecule is CC[C@@H]1C(=O)N[C@H]1CO. The minimum absolute atomic E-state index is 0.0301. The van der Waals surface area contributed by atoms with Gasteiger partial charge in [0, 0.05) is 0 Å². The lowest BCUT2D eigenvalue weighted by atomic mass is 9.89. The summed E-state index contributed by atoms with van der Waals surface area (Å²) in [7, 11) is 0. The molecule has 52 valence electrons. The van der Waals surface area contributed by atoms with Crippen LogP contribution >= 0.6 is 0 Å². The van der Waals surface area contributed by atoms with Crippen molar-refractivity contribution in [3.63, 3.8) is 0 Å². The zero-order valence-corrected chi connectivity index (χ0v) is 5.42. The van der Waals surface area contributed by atoms with Crippen LogP contribution in [-0.2, 0) is 4.79 Å². The Labute approximate surface area is 54.1 Å². The number of hydrogen-bond donors (Lipinski definition) is 2. The van der Waals surface area contributed by atoms with Crippen molar-refractivity contribution in [3.8, 4) is 0 Å². The summed E-state index contributed by atoms with van der Waals surface area (Å²) in [6.45, 7) is 2.02. The number of carbonyl (C=O) groups is 1. The third kappa shape index (κ3) is 0.920. The number of β-lactam (4-membered cyclic amide) rings is 1. The second-order valence-electron chi connectivity index (χ2n) is 2.31. The van der Waals surface area contributed by atoms with E-state index in [-0.39, 0.29) is 24.5 Å². The summed E-state index contributed by atoms with van der Waals surface area (Å²) in [4.78, 5) is 10.6. The zero-order valence-electron chi connectivity index (χ0n) is 5.42. The summed E-state index contributed by atoms with van der Waals surface area (Å²) in [5.74, 6) is 0.145. The lowest BCUT2D eigenvalue weighted by Crippen LogP contribution is -2.59. The molecule has 0 aromatic heterocycles. The Hall–Kier alpha value is -0.570. The average Bonchev–Trinajstić information content (AvgIpc) is 1.83. The van der Waals surface area contributed by atoms with Gasteiger partial charge in [0.05, 0.1) is 18.6 Å². The van der Waals surface area contributed by atoms with Gasteiger partial charge < -0.3 is 10.4 Å². The van der Waals surface area contributed by atoms with Crippen LogP contribution in [0.3, 0.4) is 0 Å². The van der Waals surface area contributed by atoms with Crippen molar-refractivity contribution in [1.82, 2.24) is 5.32 Å². The van der Waals surface area contributed by atoms with Crippen LogP contribution in [-0.4, -0.2) is 23.7 Å². The predicted molar refractivity (Wildman–Crippen MR) is 32.8 cm³/mol. The molecule has 2 atom stereocenters. The Morgan fingerprint density at radius 3 is 2.67 bits per heavy atom. The number of nitrogens with one attached hydrogen (secondary N) is 1. The average molecular weight is 129 g/mol. The van der Waals surface area contributed by atoms with Gasteiger partial charge in [0.1, 0.15) is 0 Å². The molecule has 0 aliphatic carbocycles. The van der Waals surface area contributed by atoms with E-state index < -0.39 is 0 Å². The van der Waals surface area contributed by atoms with Crippen molar-refractivity contribution in [3.05, 3.63) is 0 Å². The molecule has 1 aliphatic rings. The van der Waals surface area contributed by atoms with Crippen molar-refractivity contribution in [2.75, 3.05) is 6.61 Å². The smallest absolute Gasteiger partial charge is 0.225 e. The van der Waals surface area contributed by atoms with E-state index in [9.17, 15) is 4.79 Å². The second-order valence-corrected chi connectivity index (χ2v) is 2.31. The number of rotatable bonds is 2. The maximum Gasteiger partial charge on any atom is 0.225 e. The number of hydrogen-bond acceptors (Lipinski definition) is 2. The maximum absolute atomic E-state index is 10.6. The molecule has 0 unspecified atom stereocenters.